The molecule has 3 rings (SSSR count). The number of piperidine rings is 1. The average Bonchev–Trinajstić information content (AvgIpc) is 2.96. The number of benzene rings is 1. The minimum atomic E-state index is -0.766. The van der Waals surface area contributed by atoms with Gasteiger partial charge in [-0.05, 0) is 31.4 Å². The van der Waals surface area contributed by atoms with Crippen LogP contribution in [-0.2, 0) is 16.0 Å². The highest BCUT2D eigenvalue weighted by Gasteiger charge is 2.32. The molecular weight excluding hydrogens is 302 g/mol. The standard InChI is InChI=1S/C15H17N3O3S/c1-9-7-11(15(20)21)5-6-18(9)13(19)8-10-3-2-4-12-14(10)17-22-16-12/h2-4,9,11H,5-8H2,1H3,(H,20,21)/t9-,11-/m1/s1. The Kier molecular flexibility index (Phi) is 4.06. The highest BCUT2D eigenvalue weighted by Crippen LogP contribution is 2.24. The van der Waals surface area contributed by atoms with Crippen molar-refractivity contribution in [2.24, 2.45) is 5.92 Å². The first-order chi connectivity index (χ1) is 10.6. The normalized spacial score (nSPS) is 22.0. The van der Waals surface area contributed by atoms with Crippen molar-refractivity contribution in [3.63, 3.8) is 0 Å². The number of hydrogen-bond donors (Lipinski definition) is 1. The topological polar surface area (TPSA) is 83.4 Å². The first-order valence-electron chi connectivity index (χ1n) is 7.28. The highest BCUT2D eigenvalue weighted by molar-refractivity contribution is 7.00. The van der Waals surface area contributed by atoms with Crippen molar-refractivity contribution in [3.8, 4) is 0 Å². The second-order valence-corrected chi connectivity index (χ2v) is 6.25. The van der Waals surface area contributed by atoms with Crippen LogP contribution in [0.15, 0.2) is 18.2 Å². The van der Waals surface area contributed by atoms with Gasteiger partial charge in [-0.15, -0.1) is 0 Å². The van der Waals surface area contributed by atoms with E-state index in [2.05, 4.69) is 8.75 Å². The smallest absolute Gasteiger partial charge is 0.306 e. The molecule has 6 nitrogen and oxygen atoms in total. The van der Waals surface area contributed by atoms with Crippen molar-refractivity contribution in [2.45, 2.75) is 32.2 Å². The van der Waals surface area contributed by atoms with Crippen molar-refractivity contribution < 1.29 is 14.7 Å². The molecule has 116 valence electrons. The molecule has 2 aromatic rings. The molecule has 2 atom stereocenters. The second kappa shape index (κ2) is 6.00. The Balaban J connectivity index is 1.72. The van der Waals surface area contributed by atoms with E-state index >= 15 is 0 Å². The van der Waals surface area contributed by atoms with E-state index in [0.29, 0.717) is 19.4 Å². The lowest BCUT2D eigenvalue weighted by Crippen LogP contribution is -2.46. The molecule has 2 heterocycles. The Labute approximate surface area is 132 Å². The summed E-state index contributed by atoms with van der Waals surface area (Å²) in [5, 5.41) is 9.09. The summed E-state index contributed by atoms with van der Waals surface area (Å²) in [4.78, 5) is 25.4. The van der Waals surface area contributed by atoms with Gasteiger partial charge in [-0.25, -0.2) is 0 Å². The van der Waals surface area contributed by atoms with Gasteiger partial charge in [0.05, 0.1) is 24.1 Å². The fraction of sp³-hybridized carbons (Fsp3) is 0.467. The maximum Gasteiger partial charge on any atom is 0.306 e. The molecule has 1 aromatic heterocycles. The van der Waals surface area contributed by atoms with Gasteiger partial charge < -0.3 is 10.0 Å². The zero-order chi connectivity index (χ0) is 15.7. The molecule has 0 unspecified atom stereocenters. The van der Waals surface area contributed by atoms with Gasteiger partial charge >= 0.3 is 5.97 Å². The lowest BCUT2D eigenvalue weighted by atomic mass is 9.91. The third kappa shape index (κ3) is 2.81. The third-order valence-corrected chi connectivity index (χ3v) is 4.80. The lowest BCUT2D eigenvalue weighted by Gasteiger charge is -2.36. The van der Waals surface area contributed by atoms with Crippen LogP contribution in [0, 0.1) is 5.92 Å². The first-order valence-corrected chi connectivity index (χ1v) is 8.01. The van der Waals surface area contributed by atoms with E-state index in [4.69, 9.17) is 5.11 Å². The van der Waals surface area contributed by atoms with Crippen molar-refractivity contribution in [1.29, 1.82) is 0 Å². The molecule has 1 aromatic carbocycles. The molecule has 1 aliphatic heterocycles. The fourth-order valence-corrected chi connectivity index (χ4v) is 3.60. The predicted octanol–water partition coefficient (Wildman–Crippen LogP) is 1.95. The molecule has 1 saturated heterocycles. The zero-order valence-corrected chi connectivity index (χ0v) is 13.0. The van der Waals surface area contributed by atoms with Gasteiger partial charge in [0.15, 0.2) is 0 Å². The quantitative estimate of drug-likeness (QED) is 0.935. The Hall–Kier alpha value is -2.02. The van der Waals surface area contributed by atoms with E-state index in [-0.39, 0.29) is 24.3 Å². The number of hydrogen-bond acceptors (Lipinski definition) is 5. The van der Waals surface area contributed by atoms with E-state index in [0.717, 1.165) is 28.3 Å². The van der Waals surface area contributed by atoms with Gasteiger partial charge in [0.25, 0.3) is 0 Å². The number of rotatable bonds is 3. The van der Waals surface area contributed by atoms with Gasteiger partial charge in [-0.3, -0.25) is 9.59 Å². The van der Waals surface area contributed by atoms with E-state index in [1.54, 1.807) is 4.90 Å². The Morgan fingerprint density at radius 2 is 2.23 bits per heavy atom. The van der Waals surface area contributed by atoms with Crippen LogP contribution in [0.4, 0.5) is 0 Å². The number of amides is 1. The number of aliphatic carboxylic acids is 1. The molecule has 0 aliphatic carbocycles. The van der Waals surface area contributed by atoms with Crippen LogP contribution in [0.3, 0.4) is 0 Å². The summed E-state index contributed by atoms with van der Waals surface area (Å²) < 4.78 is 8.44. The molecule has 1 N–H and O–H groups in total. The summed E-state index contributed by atoms with van der Waals surface area (Å²) in [6.45, 7) is 2.42. The number of carbonyl (C=O) groups is 2. The van der Waals surface area contributed by atoms with Crippen molar-refractivity contribution in [3.05, 3.63) is 23.8 Å². The van der Waals surface area contributed by atoms with Crippen molar-refractivity contribution >= 4 is 34.6 Å². The Morgan fingerprint density at radius 3 is 2.95 bits per heavy atom. The number of nitrogens with zero attached hydrogens (tertiary/aromatic N) is 3. The van der Waals surface area contributed by atoms with Gasteiger partial charge in [0, 0.05) is 12.6 Å². The summed E-state index contributed by atoms with van der Waals surface area (Å²) in [6, 6.07) is 5.62. The summed E-state index contributed by atoms with van der Waals surface area (Å²) in [5.41, 5.74) is 2.48. The summed E-state index contributed by atoms with van der Waals surface area (Å²) in [6.07, 6.45) is 1.32. The monoisotopic (exact) mass is 319 g/mol. The number of aromatic nitrogens is 2. The summed E-state index contributed by atoms with van der Waals surface area (Å²) >= 11 is 1.14. The van der Waals surface area contributed by atoms with Crippen LogP contribution in [0.25, 0.3) is 11.0 Å². The molecule has 1 aliphatic rings. The van der Waals surface area contributed by atoms with Crippen LogP contribution in [0.5, 0.6) is 0 Å². The zero-order valence-electron chi connectivity index (χ0n) is 12.2. The van der Waals surface area contributed by atoms with E-state index < -0.39 is 5.97 Å². The molecule has 0 saturated carbocycles. The average molecular weight is 319 g/mol. The number of fused-ring (bicyclic) bond motifs is 1. The van der Waals surface area contributed by atoms with Crippen molar-refractivity contribution in [1.82, 2.24) is 13.6 Å². The third-order valence-electron chi connectivity index (χ3n) is 4.26. The number of likely N-dealkylation sites (tertiary alicyclic amines) is 1. The van der Waals surface area contributed by atoms with Gasteiger partial charge in [0.2, 0.25) is 5.91 Å². The minimum absolute atomic E-state index is 0.0249. The summed E-state index contributed by atoms with van der Waals surface area (Å²) in [7, 11) is 0. The van der Waals surface area contributed by atoms with E-state index in [1.165, 1.54) is 0 Å². The Morgan fingerprint density at radius 1 is 1.41 bits per heavy atom. The minimum Gasteiger partial charge on any atom is -0.481 e. The lowest BCUT2D eigenvalue weighted by molar-refractivity contribution is -0.147. The molecule has 0 radical (unpaired) electrons. The van der Waals surface area contributed by atoms with Gasteiger partial charge in [0.1, 0.15) is 11.0 Å². The molecular formula is C15H17N3O3S. The number of carboxylic acids is 1. The van der Waals surface area contributed by atoms with E-state index in [9.17, 15) is 9.59 Å². The predicted molar refractivity (Wildman–Crippen MR) is 82.7 cm³/mol. The fourth-order valence-electron chi connectivity index (χ4n) is 3.04. The molecule has 1 amide bonds. The van der Waals surface area contributed by atoms with Crippen LogP contribution < -0.4 is 0 Å². The van der Waals surface area contributed by atoms with Crippen LogP contribution >= 0.6 is 11.7 Å². The largest absolute Gasteiger partial charge is 0.481 e. The highest BCUT2D eigenvalue weighted by atomic mass is 32.1. The molecule has 7 heteroatoms. The maximum atomic E-state index is 12.6. The van der Waals surface area contributed by atoms with E-state index in [1.807, 2.05) is 25.1 Å². The van der Waals surface area contributed by atoms with Crippen LogP contribution in [0.1, 0.15) is 25.3 Å². The summed E-state index contributed by atoms with van der Waals surface area (Å²) in [5.74, 6) is -1.08. The second-order valence-electron chi connectivity index (χ2n) is 5.72. The molecule has 0 spiro atoms. The SMILES string of the molecule is C[C@@H]1C[C@H](C(=O)O)CCN1C(=O)Cc1cccc2nsnc12. The molecule has 1 fully saturated rings. The van der Waals surface area contributed by atoms with Crippen LogP contribution in [-0.4, -0.2) is 43.2 Å². The van der Waals surface area contributed by atoms with Crippen molar-refractivity contribution in [2.75, 3.05) is 6.54 Å². The van der Waals surface area contributed by atoms with Gasteiger partial charge in [-0.2, -0.15) is 8.75 Å². The first kappa shape index (κ1) is 14.9. The number of carboxylic acid groups (broad SMARTS) is 1. The van der Waals surface area contributed by atoms with Crippen LogP contribution in [0.2, 0.25) is 0 Å². The van der Waals surface area contributed by atoms with Gasteiger partial charge in [-0.1, -0.05) is 12.1 Å². The number of carbonyl (C=O) groups excluding carboxylic acids is 1. The maximum absolute atomic E-state index is 12.6. The Bertz CT molecular complexity index is 715. The molecule has 22 heavy (non-hydrogen) atoms. The molecule has 0 bridgehead atoms.